The molecule has 0 atom stereocenters. The van der Waals surface area contributed by atoms with Crippen molar-refractivity contribution in [1.82, 2.24) is 4.57 Å². The van der Waals surface area contributed by atoms with Crippen LogP contribution < -0.4 is 5.56 Å². The molecule has 1 aromatic heterocycles. The zero-order valence-electron chi connectivity index (χ0n) is 12.3. The number of hydrogen-bond donors (Lipinski definition) is 0. The van der Waals surface area contributed by atoms with Crippen molar-refractivity contribution in [2.45, 2.75) is 51.2 Å². The van der Waals surface area contributed by atoms with Gasteiger partial charge in [-0.3, -0.25) is 4.79 Å². The molecule has 1 aliphatic carbocycles. The first-order chi connectivity index (χ1) is 10.2. The predicted molar refractivity (Wildman–Crippen MR) is 93.9 cm³/mol. The van der Waals surface area contributed by atoms with Gasteiger partial charge in [0.25, 0.3) is 5.56 Å². The van der Waals surface area contributed by atoms with Crippen molar-refractivity contribution < 1.29 is 3.07 Å². The minimum atomic E-state index is -0.180. The van der Waals surface area contributed by atoms with Crippen LogP contribution in [-0.2, 0) is 9.61 Å². The number of hydrogen-bond acceptors (Lipinski definition) is 2. The van der Waals surface area contributed by atoms with Crippen molar-refractivity contribution in [3.63, 3.8) is 0 Å². The van der Waals surface area contributed by atoms with E-state index in [0.29, 0.717) is 6.54 Å². The molecular weight excluding hydrogens is 377 g/mol. The zero-order valence-corrected chi connectivity index (χ0v) is 14.4. The summed E-state index contributed by atoms with van der Waals surface area (Å²) in [5.74, 6) is 0. The maximum absolute atomic E-state index is 12.7. The van der Waals surface area contributed by atoms with E-state index in [0.717, 1.165) is 29.2 Å². The van der Waals surface area contributed by atoms with Crippen LogP contribution in [0.2, 0.25) is 0 Å². The Bertz CT molecular complexity index is 701. The second-order valence-corrected chi connectivity index (χ2v) is 6.55. The van der Waals surface area contributed by atoms with Gasteiger partial charge in [-0.05, 0) is 42.8 Å². The van der Waals surface area contributed by atoms with Crippen molar-refractivity contribution in [3.05, 3.63) is 46.4 Å². The monoisotopic (exact) mass is 397 g/mol. The highest BCUT2D eigenvalue weighted by Crippen LogP contribution is 2.34. The fourth-order valence-electron chi connectivity index (χ4n) is 3.37. The summed E-state index contributed by atoms with van der Waals surface area (Å²) < 4.78 is 7.61. The normalized spacial score (nSPS) is 18.0. The molecule has 0 N–H and O–H groups in total. The Balaban J connectivity index is 2.01. The molecule has 2 aromatic rings. The molecule has 0 radical (unpaired) electrons. The molecule has 1 aliphatic rings. The minimum absolute atomic E-state index is 0.0922. The van der Waals surface area contributed by atoms with E-state index in [-0.39, 0.29) is 11.2 Å². The van der Waals surface area contributed by atoms with Gasteiger partial charge in [0.15, 0.2) is 0 Å². The van der Waals surface area contributed by atoms with Gasteiger partial charge in [0.05, 0.1) is 12.1 Å². The maximum Gasteiger partial charge on any atom is 0.258 e. The second kappa shape index (κ2) is 6.08. The van der Waals surface area contributed by atoms with E-state index in [1.54, 1.807) is 0 Å². The summed E-state index contributed by atoms with van der Waals surface area (Å²) >= 11 is 2.01. The minimum Gasteiger partial charge on any atom is -0.312 e. The molecule has 4 heteroatoms. The summed E-state index contributed by atoms with van der Waals surface area (Å²) in [5.41, 5.74) is 1.06. The predicted octanol–water partition coefficient (Wildman–Crippen LogP) is 4.38. The Morgan fingerprint density at radius 1 is 1.19 bits per heavy atom. The topological polar surface area (TPSA) is 31.2 Å². The first kappa shape index (κ1) is 15.0. The highest BCUT2D eigenvalue weighted by atomic mass is 127. The molecule has 0 spiro atoms. The molecule has 0 saturated heterocycles. The first-order valence-corrected chi connectivity index (χ1v) is 8.42. The molecule has 1 fully saturated rings. The van der Waals surface area contributed by atoms with Gasteiger partial charge in [0, 0.05) is 11.6 Å². The summed E-state index contributed by atoms with van der Waals surface area (Å²) in [4.78, 5) is 12.7. The van der Waals surface area contributed by atoms with E-state index in [2.05, 4.69) is 6.07 Å². The van der Waals surface area contributed by atoms with Crippen LogP contribution >= 0.6 is 23.0 Å². The number of rotatable bonds is 3. The van der Waals surface area contributed by atoms with Gasteiger partial charge < -0.3 is 7.63 Å². The highest BCUT2D eigenvalue weighted by Gasteiger charge is 2.33. The molecule has 1 aromatic carbocycles. The summed E-state index contributed by atoms with van der Waals surface area (Å²) in [5, 5.41) is 1.85. The van der Waals surface area contributed by atoms with Crippen LogP contribution in [0.15, 0.2) is 35.3 Å². The molecule has 3 nitrogen and oxygen atoms in total. The summed E-state index contributed by atoms with van der Waals surface area (Å²) in [6, 6.07) is 7.96. The molecule has 21 heavy (non-hydrogen) atoms. The Labute approximate surface area is 139 Å². The maximum atomic E-state index is 12.7. The Kier molecular flexibility index (Phi) is 4.36. The van der Waals surface area contributed by atoms with E-state index in [1.807, 2.05) is 58.9 Å². The number of benzene rings is 1. The van der Waals surface area contributed by atoms with Gasteiger partial charge in [0.2, 0.25) is 0 Å². The lowest BCUT2D eigenvalue weighted by atomic mass is 9.85. The van der Waals surface area contributed by atoms with E-state index < -0.39 is 0 Å². The number of fused-ring (bicyclic) bond motifs is 1. The standard InChI is InChI=1S/C17H20INO2/c1-13-6-5-7-15-14(13)8-11-19(16(15)20)12-17(21-18)9-3-2-4-10-17/h5-8,11H,2-4,9-10,12H2,1H3. The molecule has 0 unspecified atom stereocenters. The lowest BCUT2D eigenvalue weighted by Crippen LogP contribution is -2.40. The van der Waals surface area contributed by atoms with Gasteiger partial charge in [-0.1, -0.05) is 31.4 Å². The second-order valence-electron chi connectivity index (χ2n) is 6.11. The molecule has 1 heterocycles. The Morgan fingerprint density at radius 2 is 1.95 bits per heavy atom. The quantitative estimate of drug-likeness (QED) is 0.720. The molecule has 1 saturated carbocycles. The number of nitrogens with zero attached hydrogens (tertiary/aromatic N) is 1. The van der Waals surface area contributed by atoms with Gasteiger partial charge in [-0.15, -0.1) is 0 Å². The smallest absolute Gasteiger partial charge is 0.258 e. The SMILES string of the molecule is Cc1cccc2c(=O)n(CC3(OI)CCCCC3)ccc12. The largest absolute Gasteiger partial charge is 0.312 e. The van der Waals surface area contributed by atoms with Gasteiger partial charge in [0.1, 0.15) is 23.0 Å². The number of pyridine rings is 1. The molecule has 0 amide bonds. The van der Waals surface area contributed by atoms with Crippen molar-refractivity contribution in [1.29, 1.82) is 0 Å². The van der Waals surface area contributed by atoms with E-state index >= 15 is 0 Å². The van der Waals surface area contributed by atoms with Gasteiger partial charge in [-0.2, -0.15) is 0 Å². The molecule has 0 bridgehead atoms. The third kappa shape index (κ3) is 2.88. The lowest BCUT2D eigenvalue weighted by Gasteiger charge is -2.35. The average Bonchev–Trinajstić information content (AvgIpc) is 2.52. The Hall–Kier alpha value is -0.880. The third-order valence-corrected chi connectivity index (χ3v) is 5.56. The molecular formula is C17H20INO2. The van der Waals surface area contributed by atoms with Crippen molar-refractivity contribution in [2.75, 3.05) is 0 Å². The summed E-state index contributed by atoms with van der Waals surface area (Å²) in [6.07, 6.45) is 7.63. The molecule has 0 aliphatic heterocycles. The van der Waals surface area contributed by atoms with Crippen LogP contribution in [0.1, 0.15) is 37.7 Å². The van der Waals surface area contributed by atoms with E-state index in [4.69, 9.17) is 3.07 Å². The number of aryl methyl sites for hydroxylation is 1. The third-order valence-electron chi connectivity index (χ3n) is 4.62. The fraction of sp³-hybridized carbons (Fsp3) is 0.471. The van der Waals surface area contributed by atoms with Gasteiger partial charge >= 0.3 is 0 Å². The van der Waals surface area contributed by atoms with Crippen molar-refractivity contribution >= 4 is 33.8 Å². The van der Waals surface area contributed by atoms with Crippen LogP contribution in [0, 0.1) is 6.92 Å². The first-order valence-electron chi connectivity index (χ1n) is 7.54. The van der Waals surface area contributed by atoms with Crippen LogP contribution in [0.3, 0.4) is 0 Å². The summed E-state index contributed by atoms with van der Waals surface area (Å²) in [7, 11) is 0. The Morgan fingerprint density at radius 3 is 2.67 bits per heavy atom. The van der Waals surface area contributed by atoms with Crippen LogP contribution in [0.4, 0.5) is 0 Å². The lowest BCUT2D eigenvalue weighted by molar-refractivity contribution is 0.0561. The average molecular weight is 397 g/mol. The zero-order chi connectivity index (χ0) is 14.9. The molecule has 3 rings (SSSR count). The fourth-order valence-corrected chi connectivity index (χ4v) is 3.95. The van der Waals surface area contributed by atoms with Crippen molar-refractivity contribution in [2.24, 2.45) is 0 Å². The number of aromatic nitrogens is 1. The van der Waals surface area contributed by atoms with Crippen LogP contribution in [0.5, 0.6) is 0 Å². The van der Waals surface area contributed by atoms with Crippen LogP contribution in [-0.4, -0.2) is 10.2 Å². The summed E-state index contributed by atoms with van der Waals surface area (Å²) in [6.45, 7) is 2.70. The highest BCUT2D eigenvalue weighted by molar-refractivity contribution is 14.1. The number of halogens is 1. The van der Waals surface area contributed by atoms with Crippen LogP contribution in [0.25, 0.3) is 10.8 Å². The van der Waals surface area contributed by atoms with E-state index in [1.165, 1.54) is 19.3 Å². The molecule has 112 valence electrons. The van der Waals surface area contributed by atoms with Crippen molar-refractivity contribution in [3.8, 4) is 0 Å². The van der Waals surface area contributed by atoms with Gasteiger partial charge in [-0.25, -0.2) is 0 Å². The van der Waals surface area contributed by atoms with E-state index in [9.17, 15) is 4.79 Å².